The van der Waals surface area contributed by atoms with E-state index in [9.17, 15) is 9.59 Å². The smallest absolute Gasteiger partial charge is 0.249 e. The minimum absolute atomic E-state index is 0.0548. The molecule has 1 N–H and O–H groups in total. The van der Waals surface area contributed by atoms with Crippen LogP contribution in [-0.2, 0) is 20.9 Å². The Labute approximate surface area is 124 Å². The van der Waals surface area contributed by atoms with E-state index in [1.807, 2.05) is 30.3 Å². The summed E-state index contributed by atoms with van der Waals surface area (Å²) in [7, 11) is 0. The zero-order valence-corrected chi connectivity index (χ0v) is 12.0. The molecule has 1 saturated heterocycles. The monoisotopic (exact) mass is 288 g/mol. The van der Waals surface area contributed by atoms with E-state index in [4.69, 9.17) is 4.74 Å². The van der Waals surface area contributed by atoms with Crippen LogP contribution in [0.4, 0.5) is 0 Å². The van der Waals surface area contributed by atoms with Crippen molar-refractivity contribution in [3.05, 3.63) is 35.9 Å². The van der Waals surface area contributed by atoms with Crippen LogP contribution in [0.5, 0.6) is 0 Å². The molecule has 2 aliphatic rings. The predicted molar refractivity (Wildman–Crippen MR) is 77.3 cm³/mol. The minimum Gasteiger partial charge on any atom is -0.369 e. The molecule has 0 spiro atoms. The van der Waals surface area contributed by atoms with Crippen LogP contribution in [0.3, 0.4) is 0 Å². The molecule has 0 bridgehead atoms. The van der Waals surface area contributed by atoms with Crippen molar-refractivity contribution < 1.29 is 14.3 Å². The highest BCUT2D eigenvalue weighted by molar-refractivity contribution is 5.89. The van der Waals surface area contributed by atoms with Gasteiger partial charge in [-0.25, -0.2) is 0 Å². The third-order valence-corrected chi connectivity index (χ3v) is 3.96. The van der Waals surface area contributed by atoms with Gasteiger partial charge in [-0.1, -0.05) is 30.3 Å². The maximum atomic E-state index is 12.3. The van der Waals surface area contributed by atoms with Crippen LogP contribution in [-0.4, -0.2) is 42.5 Å². The van der Waals surface area contributed by atoms with E-state index < -0.39 is 6.04 Å². The molecular weight excluding hydrogens is 268 g/mol. The number of carbonyl (C=O) groups excluding carboxylic acids is 2. The van der Waals surface area contributed by atoms with Crippen molar-refractivity contribution in [3.8, 4) is 0 Å². The van der Waals surface area contributed by atoms with Crippen molar-refractivity contribution in [2.75, 3.05) is 19.8 Å². The molecule has 21 heavy (non-hydrogen) atoms. The molecule has 5 nitrogen and oxygen atoms in total. The Kier molecular flexibility index (Phi) is 4.20. The Hall–Kier alpha value is -1.88. The third kappa shape index (κ3) is 3.61. The quantitative estimate of drug-likeness (QED) is 0.877. The largest absolute Gasteiger partial charge is 0.369 e. The second kappa shape index (κ2) is 6.26. The number of benzene rings is 1. The van der Waals surface area contributed by atoms with Crippen LogP contribution in [0.1, 0.15) is 18.4 Å². The van der Waals surface area contributed by atoms with Crippen molar-refractivity contribution in [1.29, 1.82) is 0 Å². The van der Waals surface area contributed by atoms with Crippen molar-refractivity contribution in [1.82, 2.24) is 10.2 Å². The lowest BCUT2D eigenvalue weighted by molar-refractivity contribution is -0.155. The first kappa shape index (κ1) is 14.1. The van der Waals surface area contributed by atoms with E-state index >= 15 is 0 Å². The summed E-state index contributed by atoms with van der Waals surface area (Å²) in [5.41, 5.74) is 1.02. The Morgan fingerprint density at radius 2 is 2.05 bits per heavy atom. The molecular formula is C16H20N2O3. The van der Waals surface area contributed by atoms with Gasteiger partial charge in [0.15, 0.2) is 0 Å². The number of amides is 2. The molecule has 0 radical (unpaired) electrons. The molecule has 0 aromatic heterocycles. The normalized spacial score (nSPS) is 22.2. The van der Waals surface area contributed by atoms with Gasteiger partial charge >= 0.3 is 0 Å². The Bertz CT molecular complexity index is 514. The van der Waals surface area contributed by atoms with Gasteiger partial charge in [-0.15, -0.1) is 0 Å². The molecule has 1 aromatic carbocycles. The molecule has 0 unspecified atom stereocenters. The van der Waals surface area contributed by atoms with E-state index in [1.54, 1.807) is 4.90 Å². The number of nitrogens with one attached hydrogen (secondary N) is 1. The van der Waals surface area contributed by atoms with Crippen LogP contribution >= 0.6 is 0 Å². The maximum absolute atomic E-state index is 12.3. The fourth-order valence-corrected chi connectivity index (χ4v) is 2.48. The average molecular weight is 288 g/mol. The van der Waals surface area contributed by atoms with Crippen LogP contribution in [0.15, 0.2) is 30.3 Å². The predicted octanol–water partition coefficient (Wildman–Crippen LogP) is 0.940. The minimum atomic E-state index is -0.523. The summed E-state index contributed by atoms with van der Waals surface area (Å²) in [6.45, 7) is 1.49. The van der Waals surface area contributed by atoms with Gasteiger partial charge in [-0.2, -0.15) is 0 Å². The number of rotatable bonds is 5. The lowest BCUT2D eigenvalue weighted by atomic mass is 10.1. The summed E-state index contributed by atoms with van der Waals surface area (Å²) < 4.78 is 5.25. The highest BCUT2D eigenvalue weighted by atomic mass is 16.5. The van der Waals surface area contributed by atoms with Crippen molar-refractivity contribution in [3.63, 3.8) is 0 Å². The number of morpholine rings is 1. The first-order valence-electron chi connectivity index (χ1n) is 7.43. The average Bonchev–Trinajstić information content (AvgIpc) is 3.32. The highest BCUT2D eigenvalue weighted by Gasteiger charge is 2.34. The number of ether oxygens (including phenoxy) is 1. The van der Waals surface area contributed by atoms with Crippen LogP contribution in [0.2, 0.25) is 0 Å². The lowest BCUT2D eigenvalue weighted by Gasteiger charge is -2.34. The molecule has 112 valence electrons. The molecule has 3 rings (SSSR count). The van der Waals surface area contributed by atoms with E-state index in [2.05, 4.69) is 5.32 Å². The fraction of sp³-hybridized carbons (Fsp3) is 0.500. The topological polar surface area (TPSA) is 58.6 Å². The molecule has 1 aliphatic carbocycles. The van der Waals surface area contributed by atoms with Gasteiger partial charge in [0.25, 0.3) is 0 Å². The number of hydrogen-bond donors (Lipinski definition) is 1. The number of nitrogens with zero attached hydrogens (tertiary/aromatic N) is 1. The molecule has 5 heteroatoms. The highest BCUT2D eigenvalue weighted by Crippen LogP contribution is 2.27. The van der Waals surface area contributed by atoms with E-state index in [-0.39, 0.29) is 25.0 Å². The van der Waals surface area contributed by atoms with Crippen molar-refractivity contribution in [2.24, 2.45) is 5.92 Å². The van der Waals surface area contributed by atoms with Gasteiger partial charge in [0.2, 0.25) is 11.8 Å². The zero-order chi connectivity index (χ0) is 14.7. The Balaban J connectivity index is 1.66. The van der Waals surface area contributed by atoms with Crippen LogP contribution < -0.4 is 5.32 Å². The van der Waals surface area contributed by atoms with Crippen molar-refractivity contribution >= 4 is 11.8 Å². The van der Waals surface area contributed by atoms with E-state index in [0.29, 0.717) is 19.0 Å². The first-order valence-corrected chi connectivity index (χ1v) is 7.43. The van der Waals surface area contributed by atoms with Gasteiger partial charge in [0.05, 0.1) is 6.61 Å². The summed E-state index contributed by atoms with van der Waals surface area (Å²) in [5.74, 6) is 0.388. The van der Waals surface area contributed by atoms with Crippen LogP contribution in [0.25, 0.3) is 0 Å². The molecule has 1 atom stereocenters. The second-order valence-electron chi connectivity index (χ2n) is 5.73. The lowest BCUT2D eigenvalue weighted by Crippen LogP contribution is -2.56. The summed E-state index contributed by atoms with van der Waals surface area (Å²) in [4.78, 5) is 26.0. The van der Waals surface area contributed by atoms with E-state index in [1.165, 1.54) is 12.8 Å². The molecule has 2 amide bonds. The standard InChI is InChI=1S/C16H20N2O3/c19-15-11-21-10-14(16(20)17-8-12-6-7-12)18(15)9-13-4-2-1-3-5-13/h1-5,12,14H,6-11H2,(H,17,20)/t14-/m1/s1. The second-order valence-corrected chi connectivity index (χ2v) is 5.73. The van der Waals surface area contributed by atoms with Crippen LogP contribution in [0, 0.1) is 5.92 Å². The Morgan fingerprint density at radius 1 is 1.29 bits per heavy atom. The molecule has 1 heterocycles. The first-order chi connectivity index (χ1) is 10.2. The van der Waals surface area contributed by atoms with Crippen molar-refractivity contribution in [2.45, 2.75) is 25.4 Å². The maximum Gasteiger partial charge on any atom is 0.249 e. The van der Waals surface area contributed by atoms with Gasteiger partial charge < -0.3 is 15.0 Å². The third-order valence-electron chi connectivity index (χ3n) is 3.96. The van der Waals surface area contributed by atoms with Gasteiger partial charge in [0, 0.05) is 13.1 Å². The summed E-state index contributed by atoms with van der Waals surface area (Å²) in [5, 5.41) is 2.94. The Morgan fingerprint density at radius 3 is 2.76 bits per heavy atom. The molecule has 1 aliphatic heterocycles. The SMILES string of the molecule is O=C(NCC1CC1)[C@H]1COCC(=O)N1Cc1ccccc1. The fourth-order valence-electron chi connectivity index (χ4n) is 2.48. The summed E-state index contributed by atoms with van der Waals surface area (Å²) in [6.07, 6.45) is 2.38. The summed E-state index contributed by atoms with van der Waals surface area (Å²) >= 11 is 0. The van der Waals surface area contributed by atoms with Gasteiger partial charge in [-0.05, 0) is 24.3 Å². The number of hydrogen-bond acceptors (Lipinski definition) is 3. The number of carbonyl (C=O) groups is 2. The molecule has 1 saturated carbocycles. The zero-order valence-electron chi connectivity index (χ0n) is 12.0. The summed E-state index contributed by atoms with van der Waals surface area (Å²) in [6, 6.07) is 9.20. The van der Waals surface area contributed by atoms with Gasteiger partial charge in [-0.3, -0.25) is 9.59 Å². The van der Waals surface area contributed by atoms with Gasteiger partial charge in [0.1, 0.15) is 12.6 Å². The molecule has 1 aromatic rings. The van der Waals surface area contributed by atoms with E-state index in [0.717, 1.165) is 5.56 Å². The molecule has 2 fully saturated rings.